The minimum Gasteiger partial charge on any atom is -0.308 e. The van der Waals surface area contributed by atoms with Gasteiger partial charge in [0.2, 0.25) is 0 Å². The molecule has 1 aromatic heterocycles. The number of aromatic nitrogens is 3. The normalized spacial score (nSPS) is 15.6. The molecule has 0 aliphatic heterocycles. The Morgan fingerprint density at radius 1 is 1.44 bits per heavy atom. The van der Waals surface area contributed by atoms with E-state index in [2.05, 4.69) is 15.6 Å². The lowest BCUT2D eigenvalue weighted by atomic mass is 10.1. The van der Waals surface area contributed by atoms with Crippen LogP contribution >= 0.6 is 0 Å². The van der Waals surface area contributed by atoms with E-state index in [4.69, 9.17) is 0 Å². The molecule has 0 saturated heterocycles. The van der Waals surface area contributed by atoms with Gasteiger partial charge in [0, 0.05) is 12.8 Å². The molecule has 0 fully saturated rings. The number of aryl methyl sites for hydroxylation is 1. The molecule has 2 atom stereocenters. The Morgan fingerprint density at radius 3 is 2.61 bits per heavy atom. The molecule has 1 heterocycles. The molecule has 6 nitrogen and oxygen atoms in total. The van der Waals surface area contributed by atoms with Gasteiger partial charge in [-0.05, 0) is 19.9 Å². The molecule has 1 N–H and O–H groups in total. The maximum atomic E-state index is 11.7. The topological polar surface area (TPSA) is 76.9 Å². The molecule has 1 aromatic rings. The summed E-state index contributed by atoms with van der Waals surface area (Å²) in [7, 11) is -3.11. The molecule has 0 radical (unpaired) electrons. The molecular formula is C11H22N4O2S. The van der Waals surface area contributed by atoms with Crippen molar-refractivity contribution in [3.05, 3.63) is 11.9 Å². The first kappa shape index (κ1) is 15.1. The summed E-state index contributed by atoms with van der Waals surface area (Å²) in [4.78, 5) is 0. The van der Waals surface area contributed by atoms with Crippen LogP contribution < -0.4 is 5.32 Å². The van der Waals surface area contributed by atoms with E-state index < -0.39 is 15.1 Å². The average molecular weight is 274 g/mol. The van der Waals surface area contributed by atoms with Crippen molar-refractivity contribution < 1.29 is 8.42 Å². The van der Waals surface area contributed by atoms with Crippen LogP contribution in [0.5, 0.6) is 0 Å². The van der Waals surface area contributed by atoms with Crippen LogP contribution in [-0.4, -0.2) is 41.5 Å². The zero-order valence-electron chi connectivity index (χ0n) is 11.4. The molecule has 104 valence electrons. The van der Waals surface area contributed by atoms with Gasteiger partial charge in [-0.1, -0.05) is 19.1 Å². The first-order valence-corrected chi connectivity index (χ1v) is 8.17. The van der Waals surface area contributed by atoms with Crippen LogP contribution in [0.2, 0.25) is 0 Å². The van der Waals surface area contributed by atoms with Crippen molar-refractivity contribution in [3.63, 3.8) is 0 Å². The Bertz CT molecular complexity index is 469. The van der Waals surface area contributed by atoms with Crippen molar-refractivity contribution in [2.75, 3.05) is 12.8 Å². The molecule has 1 rings (SSSR count). The predicted octanol–water partition coefficient (Wildman–Crippen LogP) is 0.772. The molecule has 0 aromatic carbocycles. The van der Waals surface area contributed by atoms with Gasteiger partial charge >= 0.3 is 0 Å². The van der Waals surface area contributed by atoms with Crippen molar-refractivity contribution in [2.45, 2.75) is 45.0 Å². The zero-order chi connectivity index (χ0) is 13.8. The molecule has 0 bridgehead atoms. The summed E-state index contributed by atoms with van der Waals surface area (Å²) in [5, 5.41) is 10.6. The second-order valence-corrected chi connectivity index (χ2v) is 6.85. The number of hydrogen-bond donors (Lipinski definition) is 1. The van der Waals surface area contributed by atoms with E-state index in [0.29, 0.717) is 6.54 Å². The summed E-state index contributed by atoms with van der Waals surface area (Å²) in [6.07, 6.45) is 3.84. The maximum absolute atomic E-state index is 11.7. The van der Waals surface area contributed by atoms with E-state index in [1.165, 1.54) is 6.26 Å². The highest BCUT2D eigenvalue weighted by atomic mass is 32.2. The van der Waals surface area contributed by atoms with Gasteiger partial charge in [-0.2, -0.15) is 0 Å². The van der Waals surface area contributed by atoms with Crippen LogP contribution in [0.3, 0.4) is 0 Å². The fourth-order valence-electron chi connectivity index (χ4n) is 1.87. The SMILES string of the molecule is CCCn1nncc1C(NCC)C(C)S(C)(=O)=O. The smallest absolute Gasteiger partial charge is 0.151 e. The largest absolute Gasteiger partial charge is 0.308 e. The minimum absolute atomic E-state index is 0.272. The standard InChI is InChI=1S/C11H22N4O2S/c1-5-7-15-10(8-13-14-15)11(12-6-2)9(3)18(4,16)17/h8-9,11-12H,5-7H2,1-4H3. The first-order valence-electron chi connectivity index (χ1n) is 6.22. The molecule has 18 heavy (non-hydrogen) atoms. The molecule has 0 aliphatic rings. The summed E-state index contributed by atoms with van der Waals surface area (Å²) in [6, 6.07) is -0.272. The second kappa shape index (κ2) is 6.29. The lowest BCUT2D eigenvalue weighted by molar-refractivity contribution is 0.460. The second-order valence-electron chi connectivity index (χ2n) is 4.45. The quantitative estimate of drug-likeness (QED) is 0.795. The minimum atomic E-state index is -3.11. The Hall–Kier alpha value is -0.950. The van der Waals surface area contributed by atoms with Crippen molar-refractivity contribution in [2.24, 2.45) is 0 Å². The Morgan fingerprint density at radius 2 is 2.11 bits per heavy atom. The summed E-state index contributed by atoms with van der Waals surface area (Å²) in [6.45, 7) is 7.16. The lowest BCUT2D eigenvalue weighted by Gasteiger charge is -2.23. The zero-order valence-corrected chi connectivity index (χ0v) is 12.2. The van der Waals surface area contributed by atoms with E-state index >= 15 is 0 Å². The van der Waals surface area contributed by atoms with E-state index in [1.807, 2.05) is 13.8 Å². The van der Waals surface area contributed by atoms with Crippen molar-refractivity contribution in [1.82, 2.24) is 20.3 Å². The monoisotopic (exact) mass is 274 g/mol. The number of nitrogens with zero attached hydrogens (tertiary/aromatic N) is 3. The molecule has 0 saturated carbocycles. The van der Waals surface area contributed by atoms with Crippen molar-refractivity contribution >= 4 is 9.84 Å². The summed E-state index contributed by atoms with van der Waals surface area (Å²) in [5.41, 5.74) is 0.830. The van der Waals surface area contributed by atoms with E-state index in [-0.39, 0.29) is 6.04 Å². The molecule has 7 heteroatoms. The molecule has 0 aliphatic carbocycles. The summed E-state index contributed by atoms with van der Waals surface area (Å²) < 4.78 is 25.2. The molecule has 0 amide bonds. The van der Waals surface area contributed by atoms with Crippen molar-refractivity contribution in [1.29, 1.82) is 0 Å². The van der Waals surface area contributed by atoms with Crippen molar-refractivity contribution in [3.8, 4) is 0 Å². The third-order valence-electron chi connectivity index (χ3n) is 2.97. The number of hydrogen-bond acceptors (Lipinski definition) is 5. The van der Waals surface area contributed by atoms with Crippen LogP contribution in [0, 0.1) is 0 Å². The Labute approximate surface area is 109 Å². The van der Waals surface area contributed by atoms with Gasteiger partial charge in [0.15, 0.2) is 9.84 Å². The highest BCUT2D eigenvalue weighted by Gasteiger charge is 2.29. The summed E-state index contributed by atoms with van der Waals surface area (Å²) >= 11 is 0. The van der Waals surface area contributed by atoms with Crippen LogP contribution in [0.4, 0.5) is 0 Å². The van der Waals surface area contributed by atoms with Gasteiger partial charge in [-0.3, -0.25) is 0 Å². The van der Waals surface area contributed by atoms with E-state index in [9.17, 15) is 8.42 Å². The van der Waals surface area contributed by atoms with Gasteiger partial charge in [-0.15, -0.1) is 5.10 Å². The lowest BCUT2D eigenvalue weighted by Crippen LogP contribution is -2.36. The highest BCUT2D eigenvalue weighted by molar-refractivity contribution is 7.91. The third kappa shape index (κ3) is 3.52. The van der Waals surface area contributed by atoms with Gasteiger partial charge in [0.1, 0.15) is 0 Å². The number of nitrogens with one attached hydrogen (secondary N) is 1. The Balaban J connectivity index is 3.07. The number of sulfone groups is 1. The highest BCUT2D eigenvalue weighted by Crippen LogP contribution is 2.21. The molecule has 2 unspecified atom stereocenters. The van der Waals surface area contributed by atoms with Crippen LogP contribution in [0.25, 0.3) is 0 Å². The first-order chi connectivity index (χ1) is 8.41. The summed E-state index contributed by atoms with van der Waals surface area (Å²) in [5.74, 6) is 0. The maximum Gasteiger partial charge on any atom is 0.151 e. The Kier molecular flexibility index (Phi) is 5.28. The fourth-order valence-corrected chi connectivity index (χ4v) is 2.60. The van der Waals surface area contributed by atoms with Gasteiger partial charge in [-0.25, -0.2) is 13.1 Å². The van der Waals surface area contributed by atoms with Gasteiger partial charge < -0.3 is 5.32 Å². The predicted molar refractivity (Wildman–Crippen MR) is 71.0 cm³/mol. The van der Waals surface area contributed by atoms with Crippen LogP contribution in [-0.2, 0) is 16.4 Å². The number of rotatable bonds is 7. The average Bonchev–Trinajstić information content (AvgIpc) is 2.72. The van der Waals surface area contributed by atoms with Gasteiger partial charge in [0.05, 0.1) is 23.2 Å². The third-order valence-corrected chi connectivity index (χ3v) is 4.59. The van der Waals surface area contributed by atoms with Crippen LogP contribution in [0.1, 0.15) is 38.9 Å². The van der Waals surface area contributed by atoms with Crippen LogP contribution in [0.15, 0.2) is 6.20 Å². The van der Waals surface area contributed by atoms with E-state index in [0.717, 1.165) is 18.7 Å². The van der Waals surface area contributed by atoms with Gasteiger partial charge in [0.25, 0.3) is 0 Å². The van der Waals surface area contributed by atoms with E-state index in [1.54, 1.807) is 17.8 Å². The molecule has 0 spiro atoms. The molecular weight excluding hydrogens is 252 g/mol. The fraction of sp³-hybridized carbons (Fsp3) is 0.818.